The van der Waals surface area contributed by atoms with E-state index in [0.717, 1.165) is 59.3 Å². The number of rotatable bonds is 2. The molecule has 5 heteroatoms. The molecule has 28 heavy (non-hydrogen) atoms. The lowest BCUT2D eigenvalue weighted by atomic mass is 9.87. The molecule has 4 nitrogen and oxygen atoms in total. The number of aliphatic hydroxyl groups excluding tert-OH is 1. The number of nitrogens with zero attached hydrogens (tertiary/aromatic N) is 1. The third-order valence-electron chi connectivity index (χ3n) is 6.42. The monoisotopic (exact) mass is 395 g/mol. The Balaban J connectivity index is 1.90. The van der Waals surface area contributed by atoms with Crippen LogP contribution >= 0.6 is 11.3 Å². The van der Waals surface area contributed by atoms with Crippen molar-refractivity contribution < 1.29 is 9.84 Å². The van der Waals surface area contributed by atoms with Gasteiger partial charge >= 0.3 is 0 Å². The van der Waals surface area contributed by atoms with E-state index in [0.29, 0.717) is 5.69 Å². The normalized spacial score (nSPS) is 16.0. The Morgan fingerprint density at radius 1 is 1.14 bits per heavy atom. The van der Waals surface area contributed by atoms with Gasteiger partial charge in [0.1, 0.15) is 10.4 Å². The molecule has 0 unspecified atom stereocenters. The van der Waals surface area contributed by atoms with Crippen LogP contribution < -0.4 is 10.3 Å². The van der Waals surface area contributed by atoms with E-state index < -0.39 is 0 Å². The van der Waals surface area contributed by atoms with Crippen molar-refractivity contribution in [1.82, 2.24) is 4.57 Å². The van der Waals surface area contributed by atoms with Crippen molar-refractivity contribution in [3.63, 3.8) is 0 Å². The molecular formula is C23H25NO3S. The predicted molar refractivity (Wildman–Crippen MR) is 114 cm³/mol. The zero-order valence-electron chi connectivity index (χ0n) is 16.4. The minimum absolute atomic E-state index is 0.0150. The molecule has 2 aliphatic rings. The van der Waals surface area contributed by atoms with E-state index in [9.17, 15) is 9.90 Å². The Hall–Kier alpha value is -2.11. The maximum atomic E-state index is 13.1. The van der Waals surface area contributed by atoms with Gasteiger partial charge in [-0.25, -0.2) is 0 Å². The summed E-state index contributed by atoms with van der Waals surface area (Å²) < 4.78 is 8.35. The first-order valence-electron chi connectivity index (χ1n) is 10.1. The number of aliphatic hydroxyl groups is 1. The van der Waals surface area contributed by atoms with Gasteiger partial charge in [0.05, 0.1) is 18.9 Å². The summed E-state index contributed by atoms with van der Waals surface area (Å²) in [6.45, 7) is 2.78. The standard InChI is InChI=1S/C23H25NO3S/c1-13-14-7-5-11-27-18(14)10-9-15(13)20-17(12-25)24(2)23(26)22-21(20)16-6-3-4-8-19(16)28-22/h9-10,25H,3-8,11-12H2,1-2H3. The Morgan fingerprint density at radius 2 is 1.93 bits per heavy atom. The van der Waals surface area contributed by atoms with Crippen LogP contribution in [0, 0.1) is 6.92 Å². The second kappa shape index (κ2) is 6.75. The molecule has 1 N–H and O–H groups in total. The largest absolute Gasteiger partial charge is 0.493 e. The maximum Gasteiger partial charge on any atom is 0.268 e. The summed E-state index contributed by atoms with van der Waals surface area (Å²) in [5.41, 5.74) is 6.71. The highest BCUT2D eigenvalue weighted by Gasteiger charge is 2.26. The molecule has 5 rings (SSSR count). The van der Waals surface area contributed by atoms with Crippen molar-refractivity contribution in [2.24, 2.45) is 7.05 Å². The fraction of sp³-hybridized carbons (Fsp3) is 0.435. The first-order chi connectivity index (χ1) is 13.6. The molecule has 1 aliphatic carbocycles. The lowest BCUT2D eigenvalue weighted by Crippen LogP contribution is -2.21. The number of ether oxygens (including phenoxy) is 1. The van der Waals surface area contributed by atoms with Crippen molar-refractivity contribution in [3.05, 3.63) is 49.7 Å². The van der Waals surface area contributed by atoms with E-state index in [1.807, 2.05) is 0 Å². The van der Waals surface area contributed by atoms with E-state index in [1.165, 1.54) is 34.4 Å². The van der Waals surface area contributed by atoms with Gasteiger partial charge in [0, 0.05) is 22.9 Å². The lowest BCUT2D eigenvalue weighted by Gasteiger charge is -2.23. The summed E-state index contributed by atoms with van der Waals surface area (Å²) in [7, 11) is 1.78. The summed E-state index contributed by atoms with van der Waals surface area (Å²) in [4.78, 5) is 14.4. The molecule has 1 aliphatic heterocycles. The van der Waals surface area contributed by atoms with Crippen LogP contribution in [-0.2, 0) is 32.9 Å². The van der Waals surface area contributed by atoms with E-state index in [-0.39, 0.29) is 12.2 Å². The predicted octanol–water partition coefficient (Wildman–Crippen LogP) is 4.27. The summed E-state index contributed by atoms with van der Waals surface area (Å²) in [5, 5.41) is 11.3. The van der Waals surface area contributed by atoms with Crippen LogP contribution in [0.25, 0.3) is 21.2 Å². The quantitative estimate of drug-likeness (QED) is 0.705. The molecule has 0 atom stereocenters. The average molecular weight is 396 g/mol. The van der Waals surface area contributed by atoms with Crippen molar-refractivity contribution >= 4 is 21.4 Å². The van der Waals surface area contributed by atoms with Gasteiger partial charge in [0.15, 0.2) is 0 Å². The summed E-state index contributed by atoms with van der Waals surface area (Å²) in [5.74, 6) is 0.978. The number of hydrogen-bond donors (Lipinski definition) is 1. The van der Waals surface area contributed by atoms with Crippen LogP contribution in [0.2, 0.25) is 0 Å². The zero-order valence-corrected chi connectivity index (χ0v) is 17.2. The molecule has 3 heterocycles. The van der Waals surface area contributed by atoms with Gasteiger partial charge in [-0.05, 0) is 73.8 Å². The lowest BCUT2D eigenvalue weighted by molar-refractivity contribution is 0.272. The van der Waals surface area contributed by atoms with Crippen molar-refractivity contribution in [1.29, 1.82) is 0 Å². The summed E-state index contributed by atoms with van der Waals surface area (Å²) in [6.07, 6.45) is 6.48. The van der Waals surface area contributed by atoms with Crippen LogP contribution in [0.3, 0.4) is 0 Å². The third-order valence-corrected chi connectivity index (χ3v) is 7.70. The van der Waals surface area contributed by atoms with Gasteiger partial charge < -0.3 is 14.4 Å². The maximum absolute atomic E-state index is 13.1. The first kappa shape index (κ1) is 18.0. The molecule has 146 valence electrons. The molecule has 1 aromatic carbocycles. The fourth-order valence-electron chi connectivity index (χ4n) is 4.92. The number of fused-ring (bicyclic) bond motifs is 4. The second-order valence-corrected chi connectivity index (χ2v) is 9.03. The number of pyridine rings is 1. The molecule has 3 aromatic rings. The smallest absolute Gasteiger partial charge is 0.268 e. The van der Waals surface area contributed by atoms with Crippen molar-refractivity contribution in [3.8, 4) is 16.9 Å². The Kier molecular flexibility index (Phi) is 4.33. The molecule has 0 bridgehead atoms. The fourth-order valence-corrected chi connectivity index (χ4v) is 6.29. The molecule has 2 aromatic heterocycles. The summed E-state index contributed by atoms with van der Waals surface area (Å²) in [6, 6.07) is 4.18. The highest BCUT2D eigenvalue weighted by molar-refractivity contribution is 7.19. The van der Waals surface area contributed by atoms with Crippen LogP contribution in [0.5, 0.6) is 5.75 Å². The van der Waals surface area contributed by atoms with Gasteiger partial charge in [0.2, 0.25) is 0 Å². The number of benzene rings is 1. The minimum Gasteiger partial charge on any atom is -0.493 e. The first-order valence-corrected chi connectivity index (χ1v) is 11.0. The SMILES string of the molecule is Cc1c(-c2c(CO)n(C)c(=O)c3sc4c(c23)CCCC4)ccc2c1CCCO2. The minimum atomic E-state index is -0.144. The molecule has 0 saturated carbocycles. The van der Waals surface area contributed by atoms with Gasteiger partial charge in [0.25, 0.3) is 5.56 Å². The number of hydrogen-bond acceptors (Lipinski definition) is 4. The van der Waals surface area contributed by atoms with Gasteiger partial charge in [-0.2, -0.15) is 0 Å². The van der Waals surface area contributed by atoms with Gasteiger partial charge in [-0.15, -0.1) is 11.3 Å². The van der Waals surface area contributed by atoms with Crippen molar-refractivity contribution in [2.45, 2.75) is 52.1 Å². The Bertz CT molecular complexity index is 1160. The molecule has 0 amide bonds. The second-order valence-electron chi connectivity index (χ2n) is 7.93. The van der Waals surface area contributed by atoms with E-state index in [2.05, 4.69) is 19.1 Å². The number of thiophene rings is 1. The molecule has 0 saturated heterocycles. The zero-order chi connectivity index (χ0) is 19.4. The van der Waals surface area contributed by atoms with Crippen molar-refractivity contribution in [2.75, 3.05) is 6.61 Å². The van der Waals surface area contributed by atoms with E-state index >= 15 is 0 Å². The van der Waals surface area contributed by atoms with Crippen LogP contribution in [0.15, 0.2) is 16.9 Å². The van der Waals surface area contributed by atoms with E-state index in [1.54, 1.807) is 23.0 Å². The van der Waals surface area contributed by atoms with Crippen LogP contribution in [-0.4, -0.2) is 16.3 Å². The number of aromatic nitrogens is 1. The number of aryl methyl sites for hydroxylation is 2. The molecule has 0 fully saturated rings. The molecule has 0 spiro atoms. The summed E-state index contributed by atoms with van der Waals surface area (Å²) >= 11 is 1.66. The van der Waals surface area contributed by atoms with Gasteiger partial charge in [-0.1, -0.05) is 6.07 Å². The third kappa shape index (κ3) is 2.49. The van der Waals surface area contributed by atoms with Gasteiger partial charge in [-0.3, -0.25) is 4.79 Å². The van der Waals surface area contributed by atoms with Crippen LogP contribution in [0.1, 0.15) is 46.5 Å². The van der Waals surface area contributed by atoms with Crippen LogP contribution in [0.4, 0.5) is 0 Å². The Morgan fingerprint density at radius 3 is 2.75 bits per heavy atom. The highest BCUT2D eigenvalue weighted by Crippen LogP contribution is 2.44. The highest BCUT2D eigenvalue weighted by atomic mass is 32.1. The Labute approximate surface area is 168 Å². The van der Waals surface area contributed by atoms with E-state index in [4.69, 9.17) is 4.74 Å². The average Bonchev–Trinajstić information content (AvgIpc) is 3.11. The molecule has 0 radical (unpaired) electrons. The molecular weight excluding hydrogens is 370 g/mol. The topological polar surface area (TPSA) is 51.5 Å².